The van der Waals surface area contributed by atoms with Crippen LogP contribution in [0, 0.1) is 0 Å². The molecule has 0 aromatic heterocycles. The summed E-state index contributed by atoms with van der Waals surface area (Å²) in [6.45, 7) is 5.02. The number of nitrogens with zero attached hydrogens (tertiary/aromatic N) is 2. The number of carbonyl (C=O) groups is 2. The molecule has 3 aromatic rings. The second kappa shape index (κ2) is 13.3. The van der Waals surface area contributed by atoms with Gasteiger partial charge in [-0.05, 0) is 62.2 Å². The third-order valence-corrected chi connectivity index (χ3v) is 8.47. The number of anilines is 1. The van der Waals surface area contributed by atoms with Crippen molar-refractivity contribution in [2.24, 2.45) is 0 Å². The first-order valence-corrected chi connectivity index (χ1v) is 14.8. The van der Waals surface area contributed by atoms with Crippen LogP contribution in [0.15, 0.2) is 88.2 Å². The van der Waals surface area contributed by atoms with Gasteiger partial charge in [0.1, 0.15) is 12.6 Å². The first kappa shape index (κ1) is 29.7. The fourth-order valence-electron chi connectivity index (χ4n) is 3.99. The maximum Gasteiger partial charge on any atom is 0.264 e. The molecule has 10 heteroatoms. The first-order valence-electron chi connectivity index (χ1n) is 12.2. The zero-order valence-electron chi connectivity index (χ0n) is 21.5. The van der Waals surface area contributed by atoms with Gasteiger partial charge in [0.2, 0.25) is 11.8 Å². The van der Waals surface area contributed by atoms with E-state index < -0.39 is 28.5 Å². The van der Waals surface area contributed by atoms with Crippen LogP contribution in [0.4, 0.5) is 5.69 Å². The van der Waals surface area contributed by atoms with Crippen LogP contribution in [0.1, 0.15) is 32.8 Å². The molecule has 7 nitrogen and oxygen atoms in total. The fourth-order valence-corrected chi connectivity index (χ4v) is 6.00. The van der Waals surface area contributed by atoms with E-state index in [1.54, 1.807) is 66.7 Å². The Balaban J connectivity index is 2.07. The van der Waals surface area contributed by atoms with Crippen molar-refractivity contribution in [2.75, 3.05) is 10.8 Å². The number of hydrogen-bond acceptors (Lipinski definition) is 4. The number of nitrogens with one attached hydrogen (secondary N) is 1. The van der Waals surface area contributed by atoms with E-state index in [-0.39, 0.29) is 23.4 Å². The molecular weight excluding hydrogens is 590 g/mol. The van der Waals surface area contributed by atoms with Crippen molar-refractivity contribution < 1.29 is 18.0 Å². The summed E-state index contributed by atoms with van der Waals surface area (Å²) in [4.78, 5) is 28.6. The van der Waals surface area contributed by atoms with E-state index in [0.717, 1.165) is 4.31 Å². The smallest absolute Gasteiger partial charge is 0.264 e. The number of amides is 2. The molecule has 0 spiro atoms. The van der Waals surface area contributed by atoms with Crippen molar-refractivity contribution in [3.63, 3.8) is 0 Å². The van der Waals surface area contributed by atoms with Crippen molar-refractivity contribution in [1.29, 1.82) is 0 Å². The van der Waals surface area contributed by atoms with Gasteiger partial charge in [-0.25, -0.2) is 8.42 Å². The van der Waals surface area contributed by atoms with Crippen LogP contribution in [-0.4, -0.2) is 43.8 Å². The van der Waals surface area contributed by atoms with E-state index in [0.29, 0.717) is 27.2 Å². The van der Waals surface area contributed by atoms with Crippen LogP contribution in [0.5, 0.6) is 0 Å². The van der Waals surface area contributed by atoms with E-state index in [2.05, 4.69) is 21.2 Å². The molecule has 0 aliphatic carbocycles. The minimum Gasteiger partial charge on any atom is -0.352 e. The van der Waals surface area contributed by atoms with Gasteiger partial charge >= 0.3 is 0 Å². The predicted molar refractivity (Wildman–Crippen MR) is 154 cm³/mol. The average Bonchev–Trinajstić information content (AvgIpc) is 2.88. The van der Waals surface area contributed by atoms with Gasteiger partial charge in [0.15, 0.2) is 0 Å². The van der Waals surface area contributed by atoms with Gasteiger partial charge in [-0.15, -0.1) is 0 Å². The summed E-state index contributed by atoms with van der Waals surface area (Å²) >= 11 is 9.80. The van der Waals surface area contributed by atoms with E-state index in [1.807, 2.05) is 20.8 Å². The number of benzene rings is 3. The Labute approximate surface area is 238 Å². The van der Waals surface area contributed by atoms with Crippen LogP contribution >= 0.6 is 27.5 Å². The van der Waals surface area contributed by atoms with E-state index in [4.69, 9.17) is 11.6 Å². The number of rotatable bonds is 11. The molecule has 2 amide bonds. The third-order valence-electron chi connectivity index (χ3n) is 5.82. The molecule has 0 heterocycles. The molecule has 1 atom stereocenters. The fraction of sp³-hybridized carbons (Fsp3) is 0.286. The Kier molecular flexibility index (Phi) is 10.4. The average molecular weight is 621 g/mol. The normalized spacial score (nSPS) is 12.2. The van der Waals surface area contributed by atoms with Crippen molar-refractivity contribution >= 4 is 55.1 Å². The highest BCUT2D eigenvalue weighted by molar-refractivity contribution is 9.10. The summed E-state index contributed by atoms with van der Waals surface area (Å²) in [6, 6.07) is 20.8. The van der Waals surface area contributed by atoms with Gasteiger partial charge in [-0.2, -0.15) is 0 Å². The molecule has 0 saturated heterocycles. The minimum absolute atomic E-state index is 0.0419. The monoisotopic (exact) mass is 619 g/mol. The van der Waals surface area contributed by atoms with Gasteiger partial charge in [-0.3, -0.25) is 13.9 Å². The molecule has 0 radical (unpaired) electrons. The molecule has 3 rings (SSSR count). The zero-order chi connectivity index (χ0) is 27.9. The molecule has 3 aromatic carbocycles. The highest BCUT2D eigenvalue weighted by Gasteiger charge is 2.34. The van der Waals surface area contributed by atoms with Crippen molar-refractivity contribution in [1.82, 2.24) is 10.2 Å². The number of hydrogen-bond donors (Lipinski definition) is 1. The summed E-state index contributed by atoms with van der Waals surface area (Å²) in [6.07, 6.45) is 0.330. The highest BCUT2D eigenvalue weighted by Crippen LogP contribution is 2.27. The second-order valence-corrected chi connectivity index (χ2v) is 12.2. The van der Waals surface area contributed by atoms with Gasteiger partial charge in [-0.1, -0.05) is 76.9 Å². The topological polar surface area (TPSA) is 86.8 Å². The summed E-state index contributed by atoms with van der Waals surface area (Å²) in [5.74, 6) is -0.849. The lowest BCUT2D eigenvalue weighted by Crippen LogP contribution is -2.53. The maximum atomic E-state index is 14.0. The van der Waals surface area contributed by atoms with E-state index in [1.165, 1.54) is 17.0 Å². The molecule has 202 valence electrons. The maximum absolute atomic E-state index is 14.0. The summed E-state index contributed by atoms with van der Waals surface area (Å²) < 4.78 is 29.3. The molecule has 1 N–H and O–H groups in total. The van der Waals surface area contributed by atoms with Crippen molar-refractivity contribution in [3.05, 3.63) is 93.9 Å². The molecule has 0 bridgehead atoms. The third kappa shape index (κ3) is 7.36. The molecule has 0 aliphatic rings. The Hall–Kier alpha value is -2.88. The predicted octanol–water partition coefficient (Wildman–Crippen LogP) is 5.63. The molecule has 0 fully saturated rings. The molecular formula is C28H31BrClN3O4S. The Morgan fingerprint density at radius 1 is 0.974 bits per heavy atom. The van der Waals surface area contributed by atoms with Gasteiger partial charge < -0.3 is 10.2 Å². The van der Waals surface area contributed by atoms with Crippen LogP contribution in [0.3, 0.4) is 0 Å². The lowest BCUT2D eigenvalue weighted by atomic mass is 10.1. The number of sulfonamides is 1. The minimum atomic E-state index is -4.11. The molecule has 38 heavy (non-hydrogen) atoms. The standard InChI is InChI=1S/C28H31BrClN3O4S/c1-4-26(28(35)31-20(2)3)32(18-21-11-8-9-16-25(21)30)27(34)19-33(23-13-10-12-22(29)17-23)38(36,37)24-14-6-5-7-15-24/h5-17,20,26H,4,18-19H2,1-3H3,(H,31,35)/t26-/m1/s1. The van der Waals surface area contributed by atoms with Crippen molar-refractivity contribution in [3.8, 4) is 0 Å². The summed E-state index contributed by atoms with van der Waals surface area (Å²) in [5, 5.41) is 3.32. The number of halogens is 2. The lowest BCUT2D eigenvalue weighted by molar-refractivity contribution is -0.140. The molecule has 0 unspecified atom stereocenters. The van der Waals surface area contributed by atoms with Gasteiger partial charge in [0.25, 0.3) is 10.0 Å². The largest absolute Gasteiger partial charge is 0.352 e. The van der Waals surface area contributed by atoms with Crippen LogP contribution in [0.25, 0.3) is 0 Å². The van der Waals surface area contributed by atoms with Gasteiger partial charge in [0.05, 0.1) is 10.6 Å². The summed E-state index contributed by atoms with van der Waals surface area (Å²) in [7, 11) is -4.11. The number of carbonyl (C=O) groups excluding carboxylic acids is 2. The van der Waals surface area contributed by atoms with E-state index >= 15 is 0 Å². The lowest BCUT2D eigenvalue weighted by Gasteiger charge is -2.33. The molecule has 0 aliphatic heterocycles. The molecule has 0 saturated carbocycles. The first-order chi connectivity index (χ1) is 18.0. The zero-order valence-corrected chi connectivity index (χ0v) is 24.6. The Morgan fingerprint density at radius 3 is 2.24 bits per heavy atom. The van der Waals surface area contributed by atoms with Crippen molar-refractivity contribution in [2.45, 2.75) is 50.7 Å². The second-order valence-electron chi connectivity index (χ2n) is 9.00. The summed E-state index contributed by atoms with van der Waals surface area (Å²) in [5.41, 5.74) is 0.965. The quantitative estimate of drug-likeness (QED) is 0.301. The SMILES string of the molecule is CC[C@H](C(=O)NC(C)C)N(Cc1ccccc1Cl)C(=O)CN(c1cccc(Br)c1)S(=O)(=O)c1ccccc1. The van der Waals surface area contributed by atoms with Crippen LogP contribution in [0.2, 0.25) is 5.02 Å². The van der Waals surface area contributed by atoms with Gasteiger partial charge in [0, 0.05) is 22.1 Å². The van der Waals surface area contributed by atoms with E-state index in [9.17, 15) is 18.0 Å². The Bertz CT molecular complexity index is 1370. The Morgan fingerprint density at radius 2 is 1.63 bits per heavy atom. The van der Waals surface area contributed by atoms with Crippen LogP contribution in [-0.2, 0) is 26.2 Å². The highest BCUT2D eigenvalue weighted by atomic mass is 79.9. The van der Waals surface area contributed by atoms with Crippen LogP contribution < -0.4 is 9.62 Å².